The van der Waals surface area contributed by atoms with Crippen LogP contribution in [-0.4, -0.2) is 32.4 Å². The van der Waals surface area contributed by atoms with Gasteiger partial charge in [0, 0.05) is 0 Å². The number of nitriles is 1. The maximum absolute atomic E-state index is 11.9. The van der Waals surface area contributed by atoms with Gasteiger partial charge >= 0.3 is 0 Å². The van der Waals surface area contributed by atoms with Gasteiger partial charge in [-0.15, -0.1) is 5.10 Å². The maximum atomic E-state index is 11.9. The molecule has 0 aromatic carbocycles. The summed E-state index contributed by atoms with van der Waals surface area (Å²) in [6, 6.07) is 2.27. The van der Waals surface area contributed by atoms with E-state index in [4.69, 9.17) is 0 Å². The van der Waals surface area contributed by atoms with Crippen molar-refractivity contribution in [3.05, 3.63) is 5.82 Å². The highest BCUT2D eigenvalue weighted by Crippen LogP contribution is 2.27. The normalized spacial score (nSPS) is 17.7. The molecule has 1 fully saturated rings. The Morgan fingerprint density at radius 2 is 2.26 bits per heavy atom. The molecular formula is C12H17N5OS. The zero-order valence-electron chi connectivity index (χ0n) is 10.9. The van der Waals surface area contributed by atoms with E-state index >= 15 is 0 Å². The average Bonchev–Trinajstić information content (AvgIpc) is 2.83. The summed E-state index contributed by atoms with van der Waals surface area (Å²) in [5, 5.41) is 19.4. The Bertz CT molecular complexity index is 487. The molecule has 1 heterocycles. The van der Waals surface area contributed by atoms with Gasteiger partial charge in [-0.25, -0.2) is 4.98 Å². The fourth-order valence-corrected chi connectivity index (χ4v) is 2.88. The lowest BCUT2D eigenvalue weighted by molar-refractivity contribution is -0.120. The molecule has 2 rings (SSSR count). The second-order valence-electron chi connectivity index (χ2n) is 4.79. The zero-order chi connectivity index (χ0) is 13.7. The monoisotopic (exact) mass is 279 g/mol. The van der Waals surface area contributed by atoms with E-state index < -0.39 is 5.54 Å². The first-order chi connectivity index (χ1) is 9.13. The first-order valence-electron chi connectivity index (χ1n) is 6.38. The molecule has 0 bridgehead atoms. The molecule has 0 aliphatic heterocycles. The molecule has 6 nitrogen and oxygen atoms in total. The minimum absolute atomic E-state index is 0.129. The third-order valence-electron chi connectivity index (χ3n) is 3.21. The van der Waals surface area contributed by atoms with Gasteiger partial charge in [-0.05, 0) is 19.8 Å². The number of nitrogens with zero attached hydrogens (tertiary/aromatic N) is 3. The van der Waals surface area contributed by atoms with Crippen LogP contribution in [0.3, 0.4) is 0 Å². The highest BCUT2D eigenvalue weighted by atomic mass is 32.2. The van der Waals surface area contributed by atoms with Crippen LogP contribution in [0.15, 0.2) is 5.16 Å². The first kappa shape index (κ1) is 13.9. The van der Waals surface area contributed by atoms with Crippen molar-refractivity contribution in [2.75, 3.05) is 5.75 Å². The lowest BCUT2D eigenvalue weighted by Crippen LogP contribution is -2.49. The van der Waals surface area contributed by atoms with E-state index in [2.05, 4.69) is 26.6 Å². The summed E-state index contributed by atoms with van der Waals surface area (Å²) < 4.78 is 0. The lowest BCUT2D eigenvalue weighted by atomic mass is 9.83. The van der Waals surface area contributed by atoms with Gasteiger partial charge in [0.1, 0.15) is 11.4 Å². The number of amides is 1. The van der Waals surface area contributed by atoms with Crippen molar-refractivity contribution in [1.82, 2.24) is 20.5 Å². The summed E-state index contributed by atoms with van der Waals surface area (Å²) in [5.41, 5.74) is -0.662. The van der Waals surface area contributed by atoms with Crippen LogP contribution in [0.25, 0.3) is 0 Å². The molecular weight excluding hydrogens is 262 g/mol. The topological polar surface area (TPSA) is 94.5 Å². The number of aromatic nitrogens is 3. The number of aromatic amines is 1. The molecule has 0 radical (unpaired) electrons. The van der Waals surface area contributed by atoms with Gasteiger partial charge in [-0.1, -0.05) is 31.0 Å². The minimum Gasteiger partial charge on any atom is -0.337 e. The second-order valence-corrected chi connectivity index (χ2v) is 5.74. The first-order valence-corrected chi connectivity index (χ1v) is 7.36. The quantitative estimate of drug-likeness (QED) is 0.815. The van der Waals surface area contributed by atoms with Crippen LogP contribution in [0, 0.1) is 18.3 Å². The molecule has 1 saturated carbocycles. The molecule has 1 amide bonds. The fraction of sp³-hybridized carbons (Fsp3) is 0.667. The predicted molar refractivity (Wildman–Crippen MR) is 71.4 cm³/mol. The molecule has 1 aromatic rings. The van der Waals surface area contributed by atoms with Crippen molar-refractivity contribution < 1.29 is 4.79 Å². The van der Waals surface area contributed by atoms with Crippen LogP contribution >= 0.6 is 11.8 Å². The van der Waals surface area contributed by atoms with Gasteiger partial charge < -0.3 is 5.32 Å². The largest absolute Gasteiger partial charge is 0.337 e. The number of thioether (sulfide) groups is 1. The Hall–Kier alpha value is -1.55. The van der Waals surface area contributed by atoms with Crippen molar-refractivity contribution in [2.24, 2.45) is 0 Å². The van der Waals surface area contributed by atoms with Gasteiger partial charge in [0.05, 0.1) is 11.8 Å². The number of aryl methyl sites for hydroxylation is 1. The van der Waals surface area contributed by atoms with Gasteiger partial charge in [0.15, 0.2) is 0 Å². The number of hydrogen-bond donors (Lipinski definition) is 2. The molecule has 1 aromatic heterocycles. The van der Waals surface area contributed by atoms with Crippen molar-refractivity contribution >= 4 is 17.7 Å². The van der Waals surface area contributed by atoms with Crippen LogP contribution in [-0.2, 0) is 4.79 Å². The Morgan fingerprint density at radius 1 is 1.53 bits per heavy atom. The van der Waals surface area contributed by atoms with Crippen LogP contribution in [0.2, 0.25) is 0 Å². The van der Waals surface area contributed by atoms with E-state index in [1.807, 2.05) is 6.92 Å². The number of rotatable bonds is 4. The van der Waals surface area contributed by atoms with Gasteiger partial charge in [-0.3, -0.25) is 9.89 Å². The van der Waals surface area contributed by atoms with Crippen molar-refractivity contribution in [1.29, 1.82) is 5.26 Å². The predicted octanol–water partition coefficient (Wildman–Crippen LogP) is 1.55. The van der Waals surface area contributed by atoms with Gasteiger partial charge in [-0.2, -0.15) is 5.26 Å². The lowest BCUT2D eigenvalue weighted by Gasteiger charge is -2.31. The molecule has 0 unspecified atom stereocenters. The van der Waals surface area contributed by atoms with Crippen molar-refractivity contribution in [3.8, 4) is 6.07 Å². The van der Waals surface area contributed by atoms with Crippen molar-refractivity contribution in [3.63, 3.8) is 0 Å². The maximum Gasteiger partial charge on any atom is 0.231 e. The smallest absolute Gasteiger partial charge is 0.231 e. The van der Waals surface area contributed by atoms with Crippen LogP contribution in [0.5, 0.6) is 0 Å². The highest BCUT2D eigenvalue weighted by Gasteiger charge is 2.33. The number of nitrogens with one attached hydrogen (secondary N) is 2. The van der Waals surface area contributed by atoms with E-state index in [-0.39, 0.29) is 11.7 Å². The summed E-state index contributed by atoms with van der Waals surface area (Å²) in [6.07, 6.45) is 4.64. The highest BCUT2D eigenvalue weighted by molar-refractivity contribution is 7.99. The Kier molecular flexibility index (Phi) is 4.43. The Labute approximate surface area is 116 Å². The molecule has 0 saturated heterocycles. The van der Waals surface area contributed by atoms with Crippen LogP contribution in [0.4, 0.5) is 0 Å². The summed E-state index contributed by atoms with van der Waals surface area (Å²) in [6.45, 7) is 1.81. The summed E-state index contributed by atoms with van der Waals surface area (Å²) in [7, 11) is 0. The molecule has 102 valence electrons. The molecule has 2 N–H and O–H groups in total. The Balaban J connectivity index is 1.85. The average molecular weight is 279 g/mol. The van der Waals surface area contributed by atoms with E-state index in [0.717, 1.165) is 37.9 Å². The van der Waals surface area contributed by atoms with E-state index in [9.17, 15) is 10.1 Å². The molecule has 0 spiro atoms. The Morgan fingerprint density at radius 3 is 2.84 bits per heavy atom. The molecule has 7 heteroatoms. The molecule has 1 aliphatic carbocycles. The van der Waals surface area contributed by atoms with E-state index in [1.165, 1.54) is 11.8 Å². The SMILES string of the molecule is Cc1nc(SCC(=O)NC2(C#N)CCCCC2)n[nH]1. The van der Waals surface area contributed by atoms with E-state index in [0.29, 0.717) is 5.16 Å². The summed E-state index contributed by atoms with van der Waals surface area (Å²) in [5.74, 6) is 0.834. The summed E-state index contributed by atoms with van der Waals surface area (Å²) in [4.78, 5) is 16.0. The number of carbonyl (C=O) groups excluding carboxylic acids is 1. The second kappa shape index (κ2) is 6.06. The fourth-order valence-electron chi connectivity index (χ4n) is 2.24. The van der Waals surface area contributed by atoms with Crippen LogP contribution in [0.1, 0.15) is 37.9 Å². The van der Waals surface area contributed by atoms with Crippen molar-refractivity contribution in [2.45, 2.75) is 49.7 Å². The van der Waals surface area contributed by atoms with Crippen LogP contribution < -0.4 is 5.32 Å². The third-order valence-corrected chi connectivity index (χ3v) is 4.06. The molecule has 0 atom stereocenters. The number of hydrogen-bond acceptors (Lipinski definition) is 5. The number of carbonyl (C=O) groups is 1. The molecule has 19 heavy (non-hydrogen) atoms. The zero-order valence-corrected chi connectivity index (χ0v) is 11.7. The number of H-pyrrole nitrogens is 1. The van der Waals surface area contributed by atoms with Gasteiger partial charge in [0.2, 0.25) is 11.1 Å². The summed E-state index contributed by atoms with van der Waals surface area (Å²) >= 11 is 1.27. The third kappa shape index (κ3) is 3.70. The standard InChI is InChI=1S/C12H17N5OS/c1-9-14-11(17-16-9)19-7-10(18)15-12(8-13)5-3-2-4-6-12/h2-7H2,1H3,(H,15,18)(H,14,16,17). The minimum atomic E-state index is -0.662. The van der Waals surface area contributed by atoms with Gasteiger partial charge in [0.25, 0.3) is 0 Å². The van der Waals surface area contributed by atoms with E-state index in [1.54, 1.807) is 0 Å². The molecule has 1 aliphatic rings.